The van der Waals surface area contributed by atoms with E-state index in [2.05, 4.69) is 10.3 Å². The standard InChI is InChI=1S/C16H17ClN2O2/c1-2-21-14-6-4-3-5-12(14)7-10-16(20)19-15-9-8-13(17)11-18-15/h3-6,8-9,11H,2,7,10H2,1H3,(H,18,19,20). The number of nitrogens with one attached hydrogen (secondary N) is 1. The molecule has 1 N–H and O–H groups in total. The Kier molecular flexibility index (Phi) is 5.58. The van der Waals surface area contributed by atoms with Crippen LogP contribution < -0.4 is 10.1 Å². The summed E-state index contributed by atoms with van der Waals surface area (Å²) in [7, 11) is 0. The van der Waals surface area contributed by atoms with E-state index in [1.807, 2.05) is 31.2 Å². The van der Waals surface area contributed by atoms with Crippen LogP contribution in [0.1, 0.15) is 18.9 Å². The molecule has 0 fully saturated rings. The predicted molar refractivity (Wildman–Crippen MR) is 83.8 cm³/mol. The largest absolute Gasteiger partial charge is 0.494 e. The molecule has 0 aliphatic rings. The first kappa shape index (κ1) is 15.3. The highest BCUT2D eigenvalue weighted by atomic mass is 35.5. The van der Waals surface area contributed by atoms with Gasteiger partial charge in [-0.2, -0.15) is 0 Å². The average Bonchev–Trinajstić information content (AvgIpc) is 2.49. The molecular weight excluding hydrogens is 288 g/mol. The lowest BCUT2D eigenvalue weighted by atomic mass is 10.1. The van der Waals surface area contributed by atoms with Gasteiger partial charge < -0.3 is 10.1 Å². The van der Waals surface area contributed by atoms with Crippen LogP contribution in [0.3, 0.4) is 0 Å². The van der Waals surface area contributed by atoms with Crippen molar-refractivity contribution in [3.63, 3.8) is 0 Å². The van der Waals surface area contributed by atoms with Crippen LogP contribution in [-0.4, -0.2) is 17.5 Å². The van der Waals surface area contributed by atoms with Crippen LogP contribution >= 0.6 is 11.6 Å². The number of para-hydroxylation sites is 1. The minimum absolute atomic E-state index is 0.0869. The van der Waals surface area contributed by atoms with E-state index in [-0.39, 0.29) is 5.91 Å². The monoisotopic (exact) mass is 304 g/mol. The molecule has 0 atom stereocenters. The van der Waals surface area contributed by atoms with Gasteiger partial charge in [0.1, 0.15) is 11.6 Å². The number of hydrogen-bond acceptors (Lipinski definition) is 3. The molecule has 0 radical (unpaired) electrons. The number of halogens is 1. The van der Waals surface area contributed by atoms with Gasteiger partial charge in [0.05, 0.1) is 11.6 Å². The molecule has 2 aromatic rings. The highest BCUT2D eigenvalue weighted by Gasteiger charge is 2.07. The van der Waals surface area contributed by atoms with Crippen LogP contribution in [0.5, 0.6) is 5.75 Å². The number of pyridine rings is 1. The number of hydrogen-bond donors (Lipinski definition) is 1. The molecule has 0 saturated carbocycles. The Morgan fingerprint density at radius 1 is 1.29 bits per heavy atom. The number of aromatic nitrogens is 1. The molecule has 1 heterocycles. The highest BCUT2D eigenvalue weighted by molar-refractivity contribution is 6.30. The Morgan fingerprint density at radius 2 is 2.10 bits per heavy atom. The van der Waals surface area contributed by atoms with Gasteiger partial charge in [-0.1, -0.05) is 29.8 Å². The quantitative estimate of drug-likeness (QED) is 0.885. The summed E-state index contributed by atoms with van der Waals surface area (Å²) in [6, 6.07) is 11.1. The fourth-order valence-corrected chi connectivity index (χ4v) is 2.02. The molecule has 1 aromatic heterocycles. The second-order valence-electron chi connectivity index (χ2n) is 4.45. The van der Waals surface area contributed by atoms with Gasteiger partial charge in [-0.25, -0.2) is 4.98 Å². The third-order valence-corrected chi connectivity index (χ3v) is 3.11. The van der Waals surface area contributed by atoms with Gasteiger partial charge in [-0.15, -0.1) is 0 Å². The Balaban J connectivity index is 1.90. The van der Waals surface area contributed by atoms with Crippen molar-refractivity contribution in [2.24, 2.45) is 0 Å². The number of benzene rings is 1. The Morgan fingerprint density at radius 3 is 2.81 bits per heavy atom. The van der Waals surface area contributed by atoms with Crippen molar-refractivity contribution in [2.45, 2.75) is 19.8 Å². The minimum atomic E-state index is -0.0869. The Labute approximate surface area is 129 Å². The van der Waals surface area contributed by atoms with Crippen molar-refractivity contribution in [3.05, 3.63) is 53.2 Å². The lowest BCUT2D eigenvalue weighted by molar-refractivity contribution is -0.116. The number of ether oxygens (including phenoxy) is 1. The Hall–Kier alpha value is -2.07. The van der Waals surface area contributed by atoms with E-state index in [0.29, 0.717) is 30.3 Å². The van der Waals surface area contributed by atoms with Crippen LogP contribution in [0.25, 0.3) is 0 Å². The van der Waals surface area contributed by atoms with Crippen molar-refractivity contribution >= 4 is 23.3 Å². The minimum Gasteiger partial charge on any atom is -0.494 e. The molecule has 5 heteroatoms. The summed E-state index contributed by atoms with van der Waals surface area (Å²) in [5.41, 5.74) is 1.03. The summed E-state index contributed by atoms with van der Waals surface area (Å²) in [6.45, 7) is 2.55. The number of rotatable bonds is 6. The van der Waals surface area contributed by atoms with Crippen LogP contribution in [0, 0.1) is 0 Å². The predicted octanol–water partition coefficient (Wildman–Crippen LogP) is 3.71. The molecule has 1 aromatic carbocycles. The van der Waals surface area contributed by atoms with Crippen molar-refractivity contribution in [3.8, 4) is 5.75 Å². The first-order valence-electron chi connectivity index (χ1n) is 6.81. The smallest absolute Gasteiger partial charge is 0.225 e. The van der Waals surface area contributed by atoms with Gasteiger partial charge in [0, 0.05) is 12.6 Å². The van der Waals surface area contributed by atoms with E-state index in [1.165, 1.54) is 6.20 Å². The fraction of sp³-hybridized carbons (Fsp3) is 0.250. The molecule has 4 nitrogen and oxygen atoms in total. The van der Waals surface area contributed by atoms with Crippen LogP contribution in [0.15, 0.2) is 42.6 Å². The summed E-state index contributed by atoms with van der Waals surface area (Å²) < 4.78 is 5.54. The summed E-state index contributed by atoms with van der Waals surface area (Å²) in [5, 5.41) is 3.28. The van der Waals surface area contributed by atoms with Gasteiger partial charge in [-0.05, 0) is 37.1 Å². The average molecular weight is 305 g/mol. The Bertz CT molecular complexity index is 599. The second-order valence-corrected chi connectivity index (χ2v) is 4.89. The van der Waals surface area contributed by atoms with Crippen molar-refractivity contribution in [1.29, 1.82) is 0 Å². The molecule has 110 valence electrons. The second kappa shape index (κ2) is 7.64. The van der Waals surface area contributed by atoms with Crippen molar-refractivity contribution in [2.75, 3.05) is 11.9 Å². The van der Waals surface area contributed by atoms with E-state index >= 15 is 0 Å². The maximum atomic E-state index is 11.9. The molecular formula is C16H17ClN2O2. The first-order valence-corrected chi connectivity index (χ1v) is 7.19. The number of nitrogens with zero attached hydrogens (tertiary/aromatic N) is 1. The number of carbonyl (C=O) groups excluding carboxylic acids is 1. The van der Waals surface area contributed by atoms with Gasteiger partial charge in [-0.3, -0.25) is 4.79 Å². The van der Waals surface area contributed by atoms with Gasteiger partial charge >= 0.3 is 0 Å². The summed E-state index contributed by atoms with van der Waals surface area (Å²) in [5.74, 6) is 1.25. The lowest BCUT2D eigenvalue weighted by Crippen LogP contribution is -2.13. The number of carbonyl (C=O) groups is 1. The topological polar surface area (TPSA) is 51.2 Å². The van der Waals surface area contributed by atoms with Crippen LogP contribution in [-0.2, 0) is 11.2 Å². The van der Waals surface area contributed by atoms with E-state index < -0.39 is 0 Å². The maximum absolute atomic E-state index is 11.9. The van der Waals surface area contributed by atoms with Crippen LogP contribution in [0.2, 0.25) is 5.02 Å². The third-order valence-electron chi connectivity index (χ3n) is 2.89. The molecule has 0 bridgehead atoms. The zero-order valence-electron chi connectivity index (χ0n) is 11.8. The number of anilines is 1. The first-order chi connectivity index (χ1) is 10.2. The zero-order valence-corrected chi connectivity index (χ0v) is 12.6. The van der Waals surface area contributed by atoms with Gasteiger partial charge in [0.25, 0.3) is 0 Å². The summed E-state index contributed by atoms with van der Waals surface area (Å²) in [4.78, 5) is 15.9. The third kappa shape index (κ3) is 4.76. The SMILES string of the molecule is CCOc1ccccc1CCC(=O)Nc1ccc(Cl)cn1. The van der Waals surface area contributed by atoms with E-state index in [4.69, 9.17) is 16.3 Å². The van der Waals surface area contributed by atoms with Crippen LogP contribution in [0.4, 0.5) is 5.82 Å². The van der Waals surface area contributed by atoms with Gasteiger partial charge in [0.15, 0.2) is 0 Å². The molecule has 1 amide bonds. The van der Waals surface area contributed by atoms with Crippen molar-refractivity contribution in [1.82, 2.24) is 4.98 Å². The lowest BCUT2D eigenvalue weighted by Gasteiger charge is -2.09. The summed E-state index contributed by atoms with van der Waals surface area (Å²) in [6.07, 6.45) is 2.49. The van der Waals surface area contributed by atoms with E-state index in [0.717, 1.165) is 11.3 Å². The molecule has 2 rings (SSSR count). The maximum Gasteiger partial charge on any atom is 0.225 e. The molecule has 0 unspecified atom stereocenters. The summed E-state index contributed by atoms with van der Waals surface area (Å²) >= 11 is 5.75. The van der Waals surface area contributed by atoms with Crippen molar-refractivity contribution < 1.29 is 9.53 Å². The normalized spacial score (nSPS) is 10.2. The number of amides is 1. The molecule has 21 heavy (non-hydrogen) atoms. The van der Waals surface area contributed by atoms with E-state index in [1.54, 1.807) is 12.1 Å². The number of aryl methyl sites for hydroxylation is 1. The van der Waals surface area contributed by atoms with E-state index in [9.17, 15) is 4.79 Å². The van der Waals surface area contributed by atoms with Gasteiger partial charge in [0.2, 0.25) is 5.91 Å². The fourth-order valence-electron chi connectivity index (χ4n) is 1.91. The molecule has 0 aliphatic heterocycles. The highest BCUT2D eigenvalue weighted by Crippen LogP contribution is 2.19. The molecule has 0 aliphatic carbocycles. The molecule has 0 saturated heterocycles. The molecule has 0 spiro atoms. The zero-order chi connectivity index (χ0) is 15.1.